The first-order valence-corrected chi connectivity index (χ1v) is 8.68. The Labute approximate surface area is 155 Å². The minimum absolute atomic E-state index is 0.00333. The maximum absolute atomic E-state index is 13.2. The highest BCUT2D eigenvalue weighted by Crippen LogP contribution is 2.33. The van der Waals surface area contributed by atoms with Crippen molar-refractivity contribution in [1.29, 1.82) is 0 Å². The summed E-state index contributed by atoms with van der Waals surface area (Å²) in [6.07, 6.45) is 0.932. The third kappa shape index (κ3) is 3.56. The molecule has 1 atom stereocenters. The minimum Gasteiger partial charge on any atom is -0.324 e. The number of carbonyl (C=O) groups is 1. The summed E-state index contributed by atoms with van der Waals surface area (Å²) in [7, 11) is 0. The number of nitrogens with one attached hydrogen (secondary N) is 1. The highest BCUT2D eigenvalue weighted by molar-refractivity contribution is 5.99. The van der Waals surface area contributed by atoms with Gasteiger partial charge in [0, 0.05) is 12.1 Å². The number of hydrogen-bond acceptors (Lipinski definition) is 4. The van der Waals surface area contributed by atoms with Crippen molar-refractivity contribution in [2.75, 3.05) is 5.32 Å². The van der Waals surface area contributed by atoms with Gasteiger partial charge in [0.25, 0.3) is 0 Å². The molecular formula is C21H17F2N3O. The number of halogens is 2. The molecule has 136 valence electrons. The van der Waals surface area contributed by atoms with E-state index < -0.39 is 0 Å². The summed E-state index contributed by atoms with van der Waals surface area (Å²) < 4.78 is 26.3. The van der Waals surface area contributed by atoms with Crippen LogP contribution in [0.15, 0.2) is 48.5 Å². The minimum atomic E-state index is -0.323. The van der Waals surface area contributed by atoms with Crippen molar-refractivity contribution < 1.29 is 13.6 Å². The highest BCUT2D eigenvalue weighted by Gasteiger charge is 2.29. The molecule has 0 unspecified atom stereocenters. The van der Waals surface area contributed by atoms with E-state index in [4.69, 9.17) is 0 Å². The highest BCUT2D eigenvalue weighted by atomic mass is 19.1. The SMILES string of the molecule is Cc1nc(Nc2ccc(F)cc2)nc2c1C(=O)C[C@H](c1ccc(F)cc1)C2. The van der Waals surface area contributed by atoms with Gasteiger partial charge in [0.1, 0.15) is 11.6 Å². The van der Waals surface area contributed by atoms with Gasteiger partial charge >= 0.3 is 0 Å². The number of ketones is 1. The molecule has 0 fully saturated rings. The number of aromatic nitrogens is 2. The van der Waals surface area contributed by atoms with Crippen molar-refractivity contribution in [3.8, 4) is 0 Å². The van der Waals surface area contributed by atoms with Crippen molar-refractivity contribution in [2.45, 2.75) is 25.7 Å². The number of aryl methyl sites for hydroxylation is 1. The molecule has 0 saturated heterocycles. The monoisotopic (exact) mass is 365 g/mol. The molecule has 6 heteroatoms. The van der Waals surface area contributed by atoms with E-state index in [1.165, 1.54) is 24.3 Å². The molecule has 4 nitrogen and oxygen atoms in total. The molecule has 2 aromatic carbocycles. The number of rotatable bonds is 3. The second kappa shape index (κ2) is 6.87. The van der Waals surface area contributed by atoms with Gasteiger partial charge in [0.2, 0.25) is 5.95 Å². The quantitative estimate of drug-likeness (QED) is 0.730. The smallest absolute Gasteiger partial charge is 0.227 e. The van der Waals surface area contributed by atoms with Crippen molar-refractivity contribution in [2.24, 2.45) is 0 Å². The fraction of sp³-hybridized carbons (Fsp3) is 0.190. The molecule has 3 aromatic rings. The van der Waals surface area contributed by atoms with Gasteiger partial charge in [-0.15, -0.1) is 0 Å². The van der Waals surface area contributed by atoms with E-state index in [9.17, 15) is 13.6 Å². The van der Waals surface area contributed by atoms with Gasteiger partial charge in [-0.2, -0.15) is 0 Å². The number of hydrogen-bond donors (Lipinski definition) is 1. The molecule has 1 N–H and O–H groups in total. The Morgan fingerprint density at radius 1 is 0.926 bits per heavy atom. The number of Topliss-reactive ketones (excluding diaryl/α,β-unsaturated/α-hetero) is 1. The summed E-state index contributed by atoms with van der Waals surface area (Å²) in [6, 6.07) is 12.1. The Kier molecular flexibility index (Phi) is 4.39. The molecule has 0 amide bonds. The van der Waals surface area contributed by atoms with Gasteiger partial charge in [-0.25, -0.2) is 18.7 Å². The van der Waals surface area contributed by atoms with E-state index in [2.05, 4.69) is 15.3 Å². The second-order valence-electron chi connectivity index (χ2n) is 6.67. The molecule has 0 bridgehead atoms. The van der Waals surface area contributed by atoms with Gasteiger partial charge in [0.05, 0.1) is 17.0 Å². The standard InChI is InChI=1S/C21H17F2N3O/c1-12-20-18(26-21(24-12)25-17-8-6-16(23)7-9-17)10-14(11-19(20)27)13-2-4-15(22)5-3-13/h2-9,14H,10-11H2,1H3,(H,24,25,26)/t14-/m1/s1. The van der Waals surface area contributed by atoms with Crippen molar-refractivity contribution in [3.63, 3.8) is 0 Å². The van der Waals surface area contributed by atoms with Crippen LogP contribution in [-0.2, 0) is 6.42 Å². The molecule has 1 aliphatic rings. The molecule has 1 aromatic heterocycles. The summed E-state index contributed by atoms with van der Waals surface area (Å²) in [4.78, 5) is 21.6. The van der Waals surface area contributed by atoms with Crippen LogP contribution in [0.1, 0.15) is 39.6 Å². The lowest BCUT2D eigenvalue weighted by Crippen LogP contribution is -2.22. The normalized spacial score (nSPS) is 16.1. The van der Waals surface area contributed by atoms with Crippen LogP contribution in [0.25, 0.3) is 0 Å². The number of carbonyl (C=O) groups excluding carboxylic acids is 1. The predicted molar refractivity (Wildman–Crippen MR) is 98.2 cm³/mol. The van der Waals surface area contributed by atoms with Gasteiger partial charge in [-0.1, -0.05) is 12.1 Å². The largest absolute Gasteiger partial charge is 0.324 e. The fourth-order valence-corrected chi connectivity index (χ4v) is 3.46. The first kappa shape index (κ1) is 17.3. The lowest BCUT2D eigenvalue weighted by Gasteiger charge is -2.24. The molecule has 0 spiro atoms. The second-order valence-corrected chi connectivity index (χ2v) is 6.67. The van der Waals surface area contributed by atoms with Crippen LogP contribution >= 0.6 is 0 Å². The van der Waals surface area contributed by atoms with Crippen LogP contribution in [0.3, 0.4) is 0 Å². The van der Waals surface area contributed by atoms with Crippen molar-refractivity contribution in [3.05, 3.63) is 82.7 Å². The summed E-state index contributed by atoms with van der Waals surface area (Å²) in [6.45, 7) is 1.78. The molecule has 1 heterocycles. The van der Waals surface area contributed by atoms with E-state index in [0.717, 1.165) is 5.56 Å². The Balaban J connectivity index is 1.65. The average molecular weight is 365 g/mol. The Morgan fingerprint density at radius 3 is 2.22 bits per heavy atom. The zero-order valence-corrected chi connectivity index (χ0v) is 14.7. The molecule has 0 radical (unpaired) electrons. The summed E-state index contributed by atoms with van der Waals surface area (Å²) in [5.41, 5.74) is 3.44. The third-order valence-corrected chi connectivity index (χ3v) is 4.76. The topological polar surface area (TPSA) is 54.9 Å². The van der Waals surface area contributed by atoms with Crippen LogP contribution < -0.4 is 5.32 Å². The number of fused-ring (bicyclic) bond motifs is 1. The predicted octanol–water partition coefficient (Wildman–Crippen LogP) is 4.72. The van der Waals surface area contributed by atoms with Gasteiger partial charge in [0.15, 0.2) is 5.78 Å². The van der Waals surface area contributed by atoms with Gasteiger partial charge in [-0.05, 0) is 61.2 Å². The zero-order valence-electron chi connectivity index (χ0n) is 14.7. The van der Waals surface area contributed by atoms with E-state index in [1.807, 2.05) is 0 Å². The summed E-state index contributed by atoms with van der Waals surface area (Å²) >= 11 is 0. The number of anilines is 2. The fourth-order valence-electron chi connectivity index (χ4n) is 3.46. The lowest BCUT2D eigenvalue weighted by atomic mass is 9.81. The first-order valence-electron chi connectivity index (χ1n) is 8.68. The maximum atomic E-state index is 13.2. The number of benzene rings is 2. The molecule has 4 rings (SSSR count). The molecule has 1 aliphatic carbocycles. The molecular weight excluding hydrogens is 348 g/mol. The first-order chi connectivity index (χ1) is 13.0. The molecule has 0 aliphatic heterocycles. The van der Waals surface area contributed by atoms with E-state index in [1.54, 1.807) is 31.2 Å². The Hall–Kier alpha value is -3.15. The van der Waals surface area contributed by atoms with E-state index >= 15 is 0 Å². The maximum Gasteiger partial charge on any atom is 0.227 e. The summed E-state index contributed by atoms with van der Waals surface area (Å²) in [5, 5.41) is 3.05. The average Bonchev–Trinajstić information content (AvgIpc) is 2.63. The van der Waals surface area contributed by atoms with E-state index in [0.29, 0.717) is 41.4 Å². The lowest BCUT2D eigenvalue weighted by molar-refractivity contribution is 0.0962. The Morgan fingerprint density at radius 2 is 1.56 bits per heavy atom. The molecule has 0 saturated carbocycles. The van der Waals surface area contributed by atoms with Crippen LogP contribution in [0.5, 0.6) is 0 Å². The third-order valence-electron chi connectivity index (χ3n) is 4.76. The van der Waals surface area contributed by atoms with Crippen molar-refractivity contribution >= 4 is 17.4 Å². The van der Waals surface area contributed by atoms with Crippen LogP contribution in [0.4, 0.5) is 20.4 Å². The number of nitrogens with zero attached hydrogens (tertiary/aromatic N) is 2. The van der Waals surface area contributed by atoms with E-state index in [-0.39, 0.29) is 23.3 Å². The van der Waals surface area contributed by atoms with Crippen LogP contribution in [0.2, 0.25) is 0 Å². The Bertz CT molecular complexity index is 1000. The molecule has 27 heavy (non-hydrogen) atoms. The summed E-state index contributed by atoms with van der Waals surface area (Å²) in [5.74, 6) is -0.304. The van der Waals surface area contributed by atoms with Crippen LogP contribution in [0, 0.1) is 18.6 Å². The van der Waals surface area contributed by atoms with Crippen LogP contribution in [-0.4, -0.2) is 15.8 Å². The van der Waals surface area contributed by atoms with Crippen molar-refractivity contribution in [1.82, 2.24) is 9.97 Å². The van der Waals surface area contributed by atoms with Gasteiger partial charge in [-0.3, -0.25) is 4.79 Å². The van der Waals surface area contributed by atoms with Gasteiger partial charge < -0.3 is 5.32 Å². The zero-order chi connectivity index (χ0) is 19.0.